The van der Waals surface area contributed by atoms with Gasteiger partial charge in [-0.05, 0) is 87.0 Å². The Morgan fingerprint density at radius 3 is 1.36 bits per heavy atom. The Bertz CT molecular complexity index is 1990. The normalized spacial score (nSPS) is 10.7. The fraction of sp³-hybridized carbons (Fsp3) is 0. The van der Waals surface area contributed by atoms with Crippen molar-refractivity contribution < 1.29 is 9.47 Å². The van der Waals surface area contributed by atoms with E-state index >= 15 is 0 Å². The first-order valence-corrected chi connectivity index (χ1v) is 14.8. The molecule has 7 aromatic rings. The van der Waals surface area contributed by atoms with Crippen LogP contribution in [0.5, 0.6) is 23.0 Å². The third kappa shape index (κ3) is 6.01. The van der Waals surface area contributed by atoms with Crippen LogP contribution in [-0.2, 0) is 0 Å². The maximum Gasteiger partial charge on any atom is 0.169 e. The van der Waals surface area contributed by atoms with Crippen molar-refractivity contribution in [3.05, 3.63) is 182 Å². The van der Waals surface area contributed by atoms with Crippen molar-refractivity contribution in [2.24, 2.45) is 0 Å². The predicted octanol–water partition coefficient (Wildman–Crippen LogP) is 11.9. The van der Waals surface area contributed by atoms with Crippen LogP contribution < -0.4 is 9.47 Å². The number of hydrogen-bond acceptors (Lipinski definition) is 2. The second kappa shape index (κ2) is 12.6. The lowest BCUT2D eigenvalue weighted by atomic mass is 9.94. The molecule has 0 aliphatic rings. The van der Waals surface area contributed by atoms with Gasteiger partial charge in [-0.2, -0.15) is 0 Å². The van der Waals surface area contributed by atoms with Crippen molar-refractivity contribution in [3.63, 3.8) is 0 Å². The van der Waals surface area contributed by atoms with Crippen LogP contribution in [0.15, 0.2) is 182 Å². The van der Waals surface area contributed by atoms with Gasteiger partial charge in [0.2, 0.25) is 0 Å². The van der Waals surface area contributed by atoms with Crippen molar-refractivity contribution in [3.8, 4) is 67.5 Å². The first kappa shape index (κ1) is 27.0. The second-order valence-corrected chi connectivity index (χ2v) is 10.6. The lowest BCUT2D eigenvalue weighted by molar-refractivity contribution is 0.419. The molecule has 0 radical (unpaired) electrons. The Balaban J connectivity index is 1.11. The molecule has 0 aliphatic carbocycles. The van der Waals surface area contributed by atoms with E-state index in [-0.39, 0.29) is 0 Å². The Labute approximate surface area is 258 Å². The van der Waals surface area contributed by atoms with Crippen molar-refractivity contribution in [2.45, 2.75) is 0 Å². The summed E-state index contributed by atoms with van der Waals surface area (Å²) in [7, 11) is 0. The lowest BCUT2D eigenvalue weighted by Crippen LogP contribution is -1.91. The zero-order valence-corrected chi connectivity index (χ0v) is 24.1. The molecular formula is C42H30O2. The van der Waals surface area contributed by atoms with E-state index in [2.05, 4.69) is 121 Å². The van der Waals surface area contributed by atoms with Crippen LogP contribution in [0.2, 0.25) is 0 Å². The minimum Gasteiger partial charge on any atom is -0.453 e. The van der Waals surface area contributed by atoms with E-state index in [1.165, 1.54) is 22.3 Å². The number of hydrogen-bond donors (Lipinski definition) is 0. The summed E-state index contributed by atoms with van der Waals surface area (Å²) in [6, 6.07) is 62.1. The standard InChI is InChI=1S/C42H30O2/c1-3-13-31(14-4-1)34-17-11-18-35(29-34)32-25-27-37(28-26-32)43-41-23-9-10-24-42(41)44-38-20-12-19-36(30-38)40-22-8-7-21-39(40)33-15-5-2-6-16-33/h1-30H. The molecule has 44 heavy (non-hydrogen) atoms. The number of benzene rings is 7. The molecule has 0 N–H and O–H groups in total. The molecule has 0 spiro atoms. The smallest absolute Gasteiger partial charge is 0.169 e. The number of para-hydroxylation sites is 2. The monoisotopic (exact) mass is 566 g/mol. The number of ether oxygens (including phenoxy) is 2. The van der Waals surface area contributed by atoms with Crippen LogP contribution >= 0.6 is 0 Å². The highest BCUT2D eigenvalue weighted by Gasteiger charge is 2.11. The maximum atomic E-state index is 6.41. The summed E-state index contributed by atoms with van der Waals surface area (Å²) in [5.74, 6) is 2.80. The molecule has 0 fully saturated rings. The maximum absolute atomic E-state index is 6.41. The SMILES string of the molecule is c1ccc(-c2cccc(-c3ccc(Oc4ccccc4Oc4cccc(-c5ccccc5-c5ccccc5)c4)cc3)c2)cc1. The zero-order chi connectivity index (χ0) is 29.6. The largest absolute Gasteiger partial charge is 0.453 e. The van der Waals surface area contributed by atoms with Crippen LogP contribution in [0.25, 0.3) is 44.5 Å². The van der Waals surface area contributed by atoms with Gasteiger partial charge in [0.1, 0.15) is 11.5 Å². The van der Waals surface area contributed by atoms with Crippen LogP contribution in [0, 0.1) is 0 Å². The van der Waals surface area contributed by atoms with Crippen molar-refractivity contribution in [1.29, 1.82) is 0 Å². The third-order valence-corrected chi connectivity index (χ3v) is 7.62. The summed E-state index contributed by atoms with van der Waals surface area (Å²) in [6.45, 7) is 0. The molecule has 0 atom stereocenters. The van der Waals surface area contributed by atoms with Gasteiger partial charge in [0.15, 0.2) is 11.5 Å². The summed E-state index contributed by atoms with van der Waals surface area (Å²) < 4.78 is 12.7. The fourth-order valence-corrected chi connectivity index (χ4v) is 5.43. The Kier molecular flexibility index (Phi) is 7.71. The molecule has 0 saturated carbocycles. The van der Waals surface area contributed by atoms with Crippen LogP contribution in [0.3, 0.4) is 0 Å². The van der Waals surface area contributed by atoms with Gasteiger partial charge in [-0.3, -0.25) is 0 Å². The molecular weight excluding hydrogens is 536 g/mol. The minimum atomic E-state index is 0.653. The highest BCUT2D eigenvalue weighted by Crippen LogP contribution is 2.38. The molecule has 2 heteroatoms. The van der Waals surface area contributed by atoms with E-state index in [4.69, 9.17) is 9.47 Å². The predicted molar refractivity (Wildman–Crippen MR) is 181 cm³/mol. The van der Waals surface area contributed by atoms with E-state index in [0.717, 1.165) is 33.8 Å². The van der Waals surface area contributed by atoms with Gasteiger partial charge in [0, 0.05) is 0 Å². The van der Waals surface area contributed by atoms with E-state index in [0.29, 0.717) is 11.5 Å². The molecule has 0 heterocycles. The lowest BCUT2D eigenvalue weighted by Gasteiger charge is -2.14. The van der Waals surface area contributed by atoms with Gasteiger partial charge in [0.25, 0.3) is 0 Å². The summed E-state index contributed by atoms with van der Waals surface area (Å²) in [4.78, 5) is 0. The third-order valence-electron chi connectivity index (χ3n) is 7.62. The molecule has 0 saturated heterocycles. The Morgan fingerprint density at radius 2 is 0.705 bits per heavy atom. The number of rotatable bonds is 8. The summed E-state index contributed by atoms with van der Waals surface area (Å²) in [5, 5.41) is 0. The Morgan fingerprint density at radius 1 is 0.250 bits per heavy atom. The second-order valence-electron chi connectivity index (χ2n) is 10.6. The molecule has 2 nitrogen and oxygen atoms in total. The molecule has 0 amide bonds. The van der Waals surface area contributed by atoms with Gasteiger partial charge in [-0.1, -0.05) is 140 Å². The average molecular weight is 567 g/mol. The Hall–Kier alpha value is -5.86. The summed E-state index contributed by atoms with van der Waals surface area (Å²) in [5.41, 5.74) is 9.31. The van der Waals surface area contributed by atoms with E-state index < -0.39 is 0 Å². The van der Waals surface area contributed by atoms with Crippen molar-refractivity contribution >= 4 is 0 Å². The molecule has 7 rings (SSSR count). The highest BCUT2D eigenvalue weighted by molar-refractivity contribution is 5.84. The summed E-state index contributed by atoms with van der Waals surface area (Å²) >= 11 is 0. The highest BCUT2D eigenvalue weighted by atomic mass is 16.5. The molecule has 7 aromatic carbocycles. The summed E-state index contributed by atoms with van der Waals surface area (Å²) in [6.07, 6.45) is 0. The van der Waals surface area contributed by atoms with E-state index in [1.54, 1.807) is 0 Å². The van der Waals surface area contributed by atoms with Crippen LogP contribution in [-0.4, -0.2) is 0 Å². The quantitative estimate of drug-likeness (QED) is 0.182. The first-order valence-electron chi connectivity index (χ1n) is 14.8. The van der Waals surface area contributed by atoms with Gasteiger partial charge in [-0.25, -0.2) is 0 Å². The zero-order valence-electron chi connectivity index (χ0n) is 24.1. The van der Waals surface area contributed by atoms with Crippen LogP contribution in [0.1, 0.15) is 0 Å². The van der Waals surface area contributed by atoms with Gasteiger partial charge >= 0.3 is 0 Å². The minimum absolute atomic E-state index is 0.653. The van der Waals surface area contributed by atoms with Gasteiger partial charge in [0.05, 0.1) is 0 Å². The molecule has 0 aromatic heterocycles. The van der Waals surface area contributed by atoms with Crippen molar-refractivity contribution in [1.82, 2.24) is 0 Å². The fourth-order valence-electron chi connectivity index (χ4n) is 5.43. The van der Waals surface area contributed by atoms with Gasteiger partial charge < -0.3 is 9.47 Å². The molecule has 0 unspecified atom stereocenters. The van der Waals surface area contributed by atoms with Crippen molar-refractivity contribution in [2.75, 3.05) is 0 Å². The molecule has 210 valence electrons. The first-order chi connectivity index (χ1) is 21.8. The van der Waals surface area contributed by atoms with Gasteiger partial charge in [-0.15, -0.1) is 0 Å². The average Bonchev–Trinajstić information content (AvgIpc) is 3.10. The topological polar surface area (TPSA) is 18.5 Å². The van der Waals surface area contributed by atoms with Crippen LogP contribution in [0.4, 0.5) is 0 Å². The molecule has 0 aliphatic heterocycles. The molecule has 0 bridgehead atoms. The van der Waals surface area contributed by atoms with E-state index in [9.17, 15) is 0 Å². The van der Waals surface area contributed by atoms with E-state index in [1.807, 2.05) is 60.7 Å².